The number of ether oxygens (including phenoxy) is 1. The average Bonchev–Trinajstić information content (AvgIpc) is 3.23. The predicted molar refractivity (Wildman–Crippen MR) is 117 cm³/mol. The molecule has 1 N–H and O–H groups in total. The molecule has 29 heavy (non-hydrogen) atoms. The van der Waals surface area contributed by atoms with Crippen molar-refractivity contribution in [1.82, 2.24) is 4.57 Å². The number of nitrogens with one attached hydrogen (secondary N) is 1. The van der Waals surface area contributed by atoms with E-state index in [0.29, 0.717) is 29.4 Å². The lowest BCUT2D eigenvalue weighted by atomic mass is 9.95. The van der Waals surface area contributed by atoms with Crippen LogP contribution in [-0.4, -0.2) is 23.1 Å². The molecule has 0 saturated carbocycles. The van der Waals surface area contributed by atoms with Gasteiger partial charge < -0.3 is 14.6 Å². The van der Waals surface area contributed by atoms with Crippen LogP contribution in [0.3, 0.4) is 0 Å². The highest BCUT2D eigenvalue weighted by molar-refractivity contribution is 7.17. The fourth-order valence-electron chi connectivity index (χ4n) is 4.33. The fraction of sp³-hybridized carbons (Fsp3) is 0.391. The van der Waals surface area contributed by atoms with E-state index in [1.54, 1.807) is 6.92 Å². The third-order valence-electron chi connectivity index (χ3n) is 5.63. The Kier molecular flexibility index (Phi) is 5.46. The molecule has 152 valence electrons. The number of para-hydroxylation sites is 1. The third kappa shape index (κ3) is 3.35. The summed E-state index contributed by atoms with van der Waals surface area (Å²) in [5, 5.41) is 4.76. The van der Waals surface area contributed by atoms with Crippen LogP contribution in [0.1, 0.15) is 63.5 Å². The molecular formula is C23H26N2O3S. The zero-order valence-electron chi connectivity index (χ0n) is 17.1. The molecule has 1 aromatic carbocycles. The van der Waals surface area contributed by atoms with E-state index in [4.69, 9.17) is 4.74 Å². The molecule has 6 heteroatoms. The fourth-order valence-corrected chi connectivity index (χ4v) is 5.61. The Labute approximate surface area is 174 Å². The summed E-state index contributed by atoms with van der Waals surface area (Å²) in [6.45, 7) is 6.84. The lowest BCUT2D eigenvalue weighted by Crippen LogP contribution is -2.19. The van der Waals surface area contributed by atoms with Crippen LogP contribution in [0.25, 0.3) is 10.9 Å². The number of hydrogen-bond donors (Lipinski definition) is 1. The second kappa shape index (κ2) is 8.03. The molecule has 3 aromatic rings. The molecule has 1 aliphatic rings. The van der Waals surface area contributed by atoms with Crippen molar-refractivity contribution >= 4 is 39.1 Å². The van der Waals surface area contributed by atoms with Crippen molar-refractivity contribution in [1.29, 1.82) is 0 Å². The Morgan fingerprint density at radius 1 is 1.17 bits per heavy atom. The van der Waals surface area contributed by atoms with Gasteiger partial charge in [0.2, 0.25) is 0 Å². The molecule has 5 nitrogen and oxygen atoms in total. The van der Waals surface area contributed by atoms with Gasteiger partial charge in [-0.1, -0.05) is 18.2 Å². The molecule has 0 saturated heterocycles. The first-order chi connectivity index (χ1) is 14.1. The monoisotopic (exact) mass is 410 g/mol. The highest BCUT2D eigenvalue weighted by Crippen LogP contribution is 2.39. The highest BCUT2D eigenvalue weighted by atomic mass is 32.1. The van der Waals surface area contributed by atoms with Crippen LogP contribution in [0.2, 0.25) is 0 Å². The van der Waals surface area contributed by atoms with Gasteiger partial charge in [-0.05, 0) is 63.6 Å². The van der Waals surface area contributed by atoms with Crippen molar-refractivity contribution in [2.45, 2.75) is 53.0 Å². The van der Waals surface area contributed by atoms with E-state index in [2.05, 4.69) is 5.32 Å². The number of benzene rings is 1. The molecule has 0 spiro atoms. The number of hydrogen-bond acceptors (Lipinski definition) is 4. The zero-order chi connectivity index (χ0) is 20.5. The van der Waals surface area contributed by atoms with Crippen molar-refractivity contribution in [3.63, 3.8) is 0 Å². The number of anilines is 1. The van der Waals surface area contributed by atoms with Gasteiger partial charge in [0, 0.05) is 22.3 Å². The van der Waals surface area contributed by atoms with Gasteiger partial charge in [-0.15, -0.1) is 11.3 Å². The third-order valence-corrected chi connectivity index (χ3v) is 6.84. The normalized spacial score (nSPS) is 13.3. The van der Waals surface area contributed by atoms with E-state index in [9.17, 15) is 9.59 Å². The number of thiophene rings is 1. The largest absolute Gasteiger partial charge is 0.462 e. The molecule has 2 heterocycles. The van der Waals surface area contributed by atoms with Crippen LogP contribution >= 0.6 is 11.3 Å². The lowest BCUT2D eigenvalue weighted by molar-refractivity contribution is 0.0526. The first-order valence-corrected chi connectivity index (χ1v) is 11.1. The van der Waals surface area contributed by atoms with Crippen LogP contribution in [-0.2, 0) is 24.1 Å². The van der Waals surface area contributed by atoms with Gasteiger partial charge >= 0.3 is 5.97 Å². The standard InChI is InChI=1S/C23H26N2O3S/c1-4-25-17-12-8-6-10-15(17)14(3)20(25)21(26)24-22-19(23(27)28-5-2)16-11-7-9-13-18(16)29-22/h6,8,10,12H,4-5,7,9,11,13H2,1-3H3,(H,24,26). The van der Waals surface area contributed by atoms with Crippen molar-refractivity contribution < 1.29 is 14.3 Å². The second-order valence-electron chi connectivity index (χ2n) is 7.32. The van der Waals surface area contributed by atoms with Crippen LogP contribution in [0.15, 0.2) is 24.3 Å². The maximum Gasteiger partial charge on any atom is 0.341 e. The van der Waals surface area contributed by atoms with Crippen molar-refractivity contribution in [2.24, 2.45) is 0 Å². The molecular weight excluding hydrogens is 384 g/mol. The number of esters is 1. The maximum atomic E-state index is 13.4. The van der Waals surface area contributed by atoms with Gasteiger partial charge in [-0.25, -0.2) is 4.79 Å². The zero-order valence-corrected chi connectivity index (χ0v) is 17.9. The molecule has 0 unspecified atom stereocenters. The Morgan fingerprint density at radius 3 is 2.69 bits per heavy atom. The summed E-state index contributed by atoms with van der Waals surface area (Å²) in [4.78, 5) is 27.2. The van der Waals surface area contributed by atoms with Crippen molar-refractivity contribution in [2.75, 3.05) is 11.9 Å². The number of fused-ring (bicyclic) bond motifs is 2. The number of aryl methyl sites for hydroxylation is 3. The Bertz CT molecular complexity index is 1090. The van der Waals surface area contributed by atoms with Crippen LogP contribution in [0.5, 0.6) is 0 Å². The maximum absolute atomic E-state index is 13.4. The van der Waals surface area contributed by atoms with Gasteiger partial charge in [-0.3, -0.25) is 4.79 Å². The van der Waals surface area contributed by atoms with E-state index in [0.717, 1.165) is 47.7 Å². The van der Waals surface area contributed by atoms with E-state index < -0.39 is 0 Å². The summed E-state index contributed by atoms with van der Waals surface area (Å²) in [6, 6.07) is 8.06. The molecule has 0 bridgehead atoms. The lowest BCUT2D eigenvalue weighted by Gasteiger charge is -2.13. The number of rotatable bonds is 5. The Hall–Kier alpha value is -2.60. The first-order valence-electron chi connectivity index (χ1n) is 10.3. The summed E-state index contributed by atoms with van der Waals surface area (Å²) >= 11 is 1.52. The first kappa shape index (κ1) is 19.7. The van der Waals surface area contributed by atoms with E-state index >= 15 is 0 Å². The molecule has 0 atom stereocenters. The Balaban J connectivity index is 1.76. The average molecular weight is 411 g/mol. The number of carbonyl (C=O) groups is 2. The van der Waals surface area contributed by atoms with E-state index in [-0.39, 0.29) is 11.9 Å². The number of amides is 1. The van der Waals surface area contributed by atoms with E-state index in [1.807, 2.05) is 42.7 Å². The minimum absolute atomic E-state index is 0.176. The molecule has 0 aliphatic heterocycles. The molecule has 2 aromatic heterocycles. The summed E-state index contributed by atoms with van der Waals surface area (Å²) in [5.74, 6) is -0.514. The quantitative estimate of drug-likeness (QED) is 0.578. The van der Waals surface area contributed by atoms with Gasteiger partial charge in [0.05, 0.1) is 12.2 Å². The Morgan fingerprint density at radius 2 is 1.93 bits per heavy atom. The predicted octanol–water partition coefficient (Wildman–Crippen LogP) is 5.34. The van der Waals surface area contributed by atoms with Gasteiger partial charge in [-0.2, -0.15) is 0 Å². The number of nitrogens with zero attached hydrogens (tertiary/aromatic N) is 1. The van der Waals surface area contributed by atoms with Gasteiger partial charge in [0.25, 0.3) is 5.91 Å². The van der Waals surface area contributed by atoms with Gasteiger partial charge in [0.15, 0.2) is 0 Å². The summed E-state index contributed by atoms with van der Waals surface area (Å²) in [6.07, 6.45) is 4.00. The van der Waals surface area contributed by atoms with Gasteiger partial charge in [0.1, 0.15) is 10.7 Å². The second-order valence-corrected chi connectivity index (χ2v) is 8.43. The van der Waals surface area contributed by atoms with Crippen LogP contribution in [0, 0.1) is 6.92 Å². The minimum atomic E-state index is -0.338. The highest BCUT2D eigenvalue weighted by Gasteiger charge is 2.28. The van der Waals surface area contributed by atoms with Crippen molar-refractivity contribution in [3.05, 3.63) is 51.5 Å². The SMILES string of the molecule is CCOC(=O)c1c(NC(=O)c2c(C)c3ccccc3n2CC)sc2c1CCCC2. The molecule has 4 rings (SSSR count). The molecule has 0 radical (unpaired) electrons. The smallest absolute Gasteiger partial charge is 0.341 e. The summed E-state index contributed by atoms with van der Waals surface area (Å²) in [7, 11) is 0. The molecule has 0 fully saturated rings. The minimum Gasteiger partial charge on any atom is -0.462 e. The van der Waals surface area contributed by atoms with Crippen LogP contribution in [0.4, 0.5) is 5.00 Å². The van der Waals surface area contributed by atoms with Crippen molar-refractivity contribution in [3.8, 4) is 0 Å². The molecule has 1 amide bonds. The number of carbonyl (C=O) groups excluding carboxylic acids is 2. The topological polar surface area (TPSA) is 60.3 Å². The summed E-state index contributed by atoms with van der Waals surface area (Å²) < 4.78 is 7.35. The van der Waals surface area contributed by atoms with Crippen LogP contribution < -0.4 is 5.32 Å². The molecule has 1 aliphatic carbocycles. The number of aromatic nitrogens is 1. The van der Waals surface area contributed by atoms with E-state index in [1.165, 1.54) is 16.2 Å². The summed E-state index contributed by atoms with van der Waals surface area (Å²) in [5.41, 5.74) is 4.27.